The summed E-state index contributed by atoms with van der Waals surface area (Å²) in [4.78, 5) is 3.56. The molecule has 1 heterocycles. The van der Waals surface area contributed by atoms with E-state index in [9.17, 15) is 8.78 Å². The van der Waals surface area contributed by atoms with Crippen molar-refractivity contribution in [1.29, 1.82) is 5.53 Å². The number of pyridine rings is 1. The standard InChI is InChI=1S/C10H12F2N4O/c1-6(16-13)9(5-17)15-7-2-3-8(10(11)12)14-4-7/h2-4,10,13,15,17H,5H2,1H3/b9-6-,16-13?. The van der Waals surface area contributed by atoms with Crippen molar-refractivity contribution in [2.45, 2.75) is 13.3 Å². The molecule has 5 nitrogen and oxygen atoms in total. The first kappa shape index (κ1) is 13.2. The van der Waals surface area contributed by atoms with Crippen LogP contribution in [0, 0.1) is 5.53 Å². The van der Waals surface area contributed by atoms with E-state index in [0.717, 1.165) is 0 Å². The zero-order chi connectivity index (χ0) is 12.8. The minimum atomic E-state index is -2.61. The normalized spacial score (nSPS) is 12.3. The number of hydrogen-bond acceptors (Lipinski definition) is 5. The number of nitrogens with zero attached hydrogens (tertiary/aromatic N) is 2. The van der Waals surface area contributed by atoms with Gasteiger partial charge < -0.3 is 10.4 Å². The number of anilines is 1. The number of alkyl halides is 2. The molecule has 3 N–H and O–H groups in total. The molecule has 0 aliphatic rings. The van der Waals surface area contributed by atoms with Crippen molar-refractivity contribution in [3.05, 3.63) is 35.4 Å². The molecule has 92 valence electrons. The molecular weight excluding hydrogens is 230 g/mol. The lowest BCUT2D eigenvalue weighted by molar-refractivity contribution is 0.146. The zero-order valence-electron chi connectivity index (χ0n) is 9.11. The number of allylic oxidation sites excluding steroid dienone is 1. The maximum Gasteiger partial charge on any atom is 0.280 e. The predicted octanol–water partition coefficient (Wildman–Crippen LogP) is 2.69. The molecule has 1 aromatic heterocycles. The number of nitrogens with one attached hydrogen (secondary N) is 2. The Morgan fingerprint density at radius 1 is 1.59 bits per heavy atom. The fourth-order valence-corrected chi connectivity index (χ4v) is 1.09. The van der Waals surface area contributed by atoms with E-state index in [-0.39, 0.29) is 12.3 Å². The van der Waals surface area contributed by atoms with Gasteiger partial charge in [0.15, 0.2) is 0 Å². The molecule has 7 heteroatoms. The number of aromatic nitrogens is 1. The molecule has 0 fully saturated rings. The van der Waals surface area contributed by atoms with E-state index in [2.05, 4.69) is 15.4 Å². The highest BCUT2D eigenvalue weighted by atomic mass is 19.3. The quantitative estimate of drug-likeness (QED) is 0.694. The Balaban J connectivity index is 2.85. The Morgan fingerprint density at radius 2 is 2.29 bits per heavy atom. The van der Waals surface area contributed by atoms with Gasteiger partial charge in [-0.15, -0.1) is 0 Å². The Bertz CT molecular complexity index is 417. The molecule has 0 saturated heterocycles. The summed E-state index contributed by atoms with van der Waals surface area (Å²) in [7, 11) is 0. The van der Waals surface area contributed by atoms with Gasteiger partial charge in [0.2, 0.25) is 0 Å². The molecule has 0 saturated carbocycles. The van der Waals surface area contributed by atoms with Crippen LogP contribution >= 0.6 is 0 Å². The van der Waals surface area contributed by atoms with Crippen LogP contribution in [0.1, 0.15) is 19.0 Å². The second kappa shape index (κ2) is 6.00. The summed E-state index contributed by atoms with van der Waals surface area (Å²) in [5.74, 6) is 0. The van der Waals surface area contributed by atoms with Crippen LogP contribution in [0.25, 0.3) is 0 Å². The van der Waals surface area contributed by atoms with Gasteiger partial charge in [0.1, 0.15) is 5.69 Å². The zero-order valence-corrected chi connectivity index (χ0v) is 9.11. The van der Waals surface area contributed by atoms with E-state index in [1.165, 1.54) is 18.3 Å². The van der Waals surface area contributed by atoms with Gasteiger partial charge in [-0.3, -0.25) is 4.98 Å². The lowest BCUT2D eigenvalue weighted by Gasteiger charge is -2.09. The molecule has 0 amide bonds. The molecule has 0 atom stereocenters. The van der Waals surface area contributed by atoms with E-state index in [4.69, 9.17) is 10.6 Å². The van der Waals surface area contributed by atoms with Crippen LogP contribution < -0.4 is 5.32 Å². The van der Waals surface area contributed by atoms with Crippen molar-refractivity contribution in [1.82, 2.24) is 4.98 Å². The SMILES string of the molecule is C/C(N=N)=C(\CO)Nc1ccc(C(F)F)nc1. The van der Waals surface area contributed by atoms with Crippen LogP contribution in [0.3, 0.4) is 0 Å². The first-order chi connectivity index (χ1) is 8.08. The van der Waals surface area contributed by atoms with E-state index >= 15 is 0 Å². The van der Waals surface area contributed by atoms with Gasteiger partial charge in [-0.2, -0.15) is 5.11 Å². The van der Waals surface area contributed by atoms with Crippen molar-refractivity contribution in [3.63, 3.8) is 0 Å². The summed E-state index contributed by atoms with van der Waals surface area (Å²) in [6.07, 6.45) is -1.38. The van der Waals surface area contributed by atoms with Gasteiger partial charge in [0.25, 0.3) is 6.43 Å². The topological polar surface area (TPSA) is 81.4 Å². The molecule has 0 unspecified atom stereocenters. The van der Waals surface area contributed by atoms with Crippen molar-refractivity contribution in [2.75, 3.05) is 11.9 Å². The summed E-state index contributed by atoms with van der Waals surface area (Å²) in [6, 6.07) is 2.61. The van der Waals surface area contributed by atoms with Crippen molar-refractivity contribution >= 4 is 5.69 Å². The summed E-state index contributed by atoms with van der Waals surface area (Å²) in [5, 5.41) is 14.9. The first-order valence-corrected chi connectivity index (χ1v) is 4.77. The molecule has 0 aliphatic carbocycles. The number of aliphatic hydroxyl groups excluding tert-OH is 1. The van der Waals surface area contributed by atoms with Gasteiger partial charge in [-0.25, -0.2) is 14.3 Å². The summed E-state index contributed by atoms with van der Waals surface area (Å²) < 4.78 is 24.5. The van der Waals surface area contributed by atoms with Gasteiger partial charge >= 0.3 is 0 Å². The minimum Gasteiger partial charge on any atom is -0.390 e. The van der Waals surface area contributed by atoms with Crippen molar-refractivity contribution in [3.8, 4) is 0 Å². The molecule has 0 aromatic carbocycles. The average molecular weight is 242 g/mol. The van der Waals surface area contributed by atoms with Crippen LogP contribution in [-0.4, -0.2) is 16.7 Å². The summed E-state index contributed by atoms with van der Waals surface area (Å²) in [5.41, 5.74) is 7.57. The number of rotatable bonds is 5. The van der Waals surface area contributed by atoms with Gasteiger partial charge in [0, 0.05) is 0 Å². The van der Waals surface area contributed by atoms with Crippen LogP contribution in [-0.2, 0) is 0 Å². The largest absolute Gasteiger partial charge is 0.390 e. The molecule has 1 rings (SSSR count). The Hall–Kier alpha value is -1.89. The summed E-state index contributed by atoms with van der Waals surface area (Å²) in [6.45, 7) is 1.22. The minimum absolute atomic E-state index is 0.311. The number of aliphatic hydroxyl groups is 1. The molecule has 1 aromatic rings. The second-order valence-electron chi connectivity index (χ2n) is 3.23. The van der Waals surface area contributed by atoms with Crippen LogP contribution in [0.4, 0.5) is 14.5 Å². The van der Waals surface area contributed by atoms with Crippen molar-refractivity contribution < 1.29 is 13.9 Å². The second-order valence-corrected chi connectivity index (χ2v) is 3.23. The maximum atomic E-state index is 12.2. The lowest BCUT2D eigenvalue weighted by atomic mass is 10.3. The van der Waals surface area contributed by atoms with E-state index in [0.29, 0.717) is 17.1 Å². The highest BCUT2D eigenvalue weighted by Gasteiger charge is 2.08. The van der Waals surface area contributed by atoms with Gasteiger partial charge in [-0.05, 0) is 19.1 Å². The molecule has 17 heavy (non-hydrogen) atoms. The Labute approximate surface area is 96.7 Å². The van der Waals surface area contributed by atoms with Crippen LogP contribution in [0.2, 0.25) is 0 Å². The molecule has 0 bridgehead atoms. The maximum absolute atomic E-state index is 12.2. The number of hydrogen-bond donors (Lipinski definition) is 3. The monoisotopic (exact) mass is 242 g/mol. The Kier molecular flexibility index (Phi) is 4.65. The Morgan fingerprint density at radius 3 is 2.71 bits per heavy atom. The van der Waals surface area contributed by atoms with Crippen LogP contribution in [0.5, 0.6) is 0 Å². The number of halogens is 2. The smallest absolute Gasteiger partial charge is 0.280 e. The first-order valence-electron chi connectivity index (χ1n) is 4.77. The van der Waals surface area contributed by atoms with Crippen molar-refractivity contribution in [2.24, 2.45) is 5.11 Å². The summed E-state index contributed by atoms with van der Waals surface area (Å²) >= 11 is 0. The highest BCUT2D eigenvalue weighted by Crippen LogP contribution is 2.18. The van der Waals surface area contributed by atoms with Gasteiger partial charge in [0.05, 0.1) is 29.9 Å². The van der Waals surface area contributed by atoms with E-state index in [1.807, 2.05) is 0 Å². The fourth-order valence-electron chi connectivity index (χ4n) is 1.09. The van der Waals surface area contributed by atoms with Crippen LogP contribution in [0.15, 0.2) is 34.8 Å². The third-order valence-electron chi connectivity index (χ3n) is 2.07. The van der Waals surface area contributed by atoms with E-state index < -0.39 is 6.43 Å². The average Bonchev–Trinajstić information content (AvgIpc) is 2.35. The van der Waals surface area contributed by atoms with E-state index in [1.54, 1.807) is 6.92 Å². The molecule has 0 aliphatic heterocycles. The lowest BCUT2D eigenvalue weighted by Crippen LogP contribution is -2.06. The molecular formula is C10H12F2N4O. The third kappa shape index (κ3) is 3.56. The molecule has 0 spiro atoms. The fraction of sp³-hybridized carbons (Fsp3) is 0.300. The molecule has 0 radical (unpaired) electrons. The predicted molar refractivity (Wildman–Crippen MR) is 57.8 cm³/mol. The highest BCUT2D eigenvalue weighted by molar-refractivity contribution is 5.47. The third-order valence-corrected chi connectivity index (χ3v) is 2.07. The van der Waals surface area contributed by atoms with Gasteiger partial charge in [-0.1, -0.05) is 0 Å².